The van der Waals surface area contributed by atoms with Gasteiger partial charge < -0.3 is 19.7 Å². The van der Waals surface area contributed by atoms with E-state index in [4.69, 9.17) is 4.42 Å². The molecule has 2 aromatic heterocycles. The summed E-state index contributed by atoms with van der Waals surface area (Å²) in [6, 6.07) is 5.24. The fourth-order valence-electron chi connectivity index (χ4n) is 4.32. The zero-order valence-corrected chi connectivity index (χ0v) is 17.1. The summed E-state index contributed by atoms with van der Waals surface area (Å²) in [5.41, 5.74) is 0.835. The van der Waals surface area contributed by atoms with Crippen LogP contribution in [0.5, 0.6) is 0 Å². The van der Waals surface area contributed by atoms with Crippen molar-refractivity contribution in [3.8, 4) is 0 Å². The molecule has 4 atom stereocenters. The van der Waals surface area contributed by atoms with Gasteiger partial charge in [-0.05, 0) is 49.8 Å². The Labute approximate surface area is 173 Å². The van der Waals surface area contributed by atoms with Gasteiger partial charge in [0.2, 0.25) is 5.91 Å². The van der Waals surface area contributed by atoms with Gasteiger partial charge >= 0.3 is 0 Å². The number of aryl methyl sites for hydroxylation is 1. The Balaban J connectivity index is 1.31. The van der Waals surface area contributed by atoms with Crippen LogP contribution in [0.25, 0.3) is 0 Å². The van der Waals surface area contributed by atoms with Crippen molar-refractivity contribution in [2.45, 2.75) is 36.8 Å². The van der Waals surface area contributed by atoms with Gasteiger partial charge in [-0.15, -0.1) is 11.8 Å². The van der Waals surface area contributed by atoms with E-state index in [0.717, 1.165) is 10.5 Å². The molecule has 29 heavy (non-hydrogen) atoms. The number of nitrogens with one attached hydrogen (secondary N) is 1. The number of likely N-dealkylation sites (tertiary alicyclic amines) is 1. The smallest absolute Gasteiger partial charge is 0.289 e. The minimum atomic E-state index is -0.591. The summed E-state index contributed by atoms with van der Waals surface area (Å²) < 4.78 is 5.35. The van der Waals surface area contributed by atoms with Crippen molar-refractivity contribution < 1.29 is 19.1 Å². The van der Waals surface area contributed by atoms with Crippen LogP contribution >= 0.6 is 11.8 Å². The van der Waals surface area contributed by atoms with Gasteiger partial charge in [0.1, 0.15) is 0 Å². The van der Waals surface area contributed by atoms with Crippen molar-refractivity contribution in [1.29, 1.82) is 0 Å². The summed E-state index contributed by atoms with van der Waals surface area (Å²) in [7, 11) is 0. The maximum atomic E-state index is 12.7. The highest BCUT2D eigenvalue weighted by Gasteiger charge is 2.44. The Morgan fingerprint density at radius 2 is 1.97 bits per heavy atom. The van der Waals surface area contributed by atoms with Crippen molar-refractivity contribution in [3.63, 3.8) is 0 Å². The lowest BCUT2D eigenvalue weighted by atomic mass is 9.77. The van der Waals surface area contributed by atoms with Crippen LogP contribution in [0.3, 0.4) is 0 Å². The topological polar surface area (TPSA) is 95.7 Å². The number of thioether (sulfide) groups is 1. The van der Waals surface area contributed by atoms with Crippen LogP contribution in [0, 0.1) is 18.8 Å². The summed E-state index contributed by atoms with van der Waals surface area (Å²) in [5, 5.41) is 13.5. The average molecular weight is 416 g/mol. The molecular weight excluding hydrogens is 390 g/mol. The molecule has 1 aliphatic heterocycles. The van der Waals surface area contributed by atoms with E-state index in [9.17, 15) is 14.7 Å². The van der Waals surface area contributed by atoms with Crippen LogP contribution in [0.1, 0.15) is 29.0 Å². The highest BCUT2D eigenvalue weighted by Crippen LogP contribution is 2.37. The van der Waals surface area contributed by atoms with E-state index in [1.807, 2.05) is 24.0 Å². The molecule has 0 unspecified atom stereocenters. The van der Waals surface area contributed by atoms with Crippen molar-refractivity contribution in [2.75, 3.05) is 18.8 Å². The standard InChI is InChI=1S/C21H25N3O4S/c1-13-4-7-28-20(13)21(27)24-10-14-8-17(18(25)9-15(14)11-24)23-19(26)12-29-16-2-5-22-6-3-16/h2-7,14-15,17-18,25H,8-12H2,1H3,(H,23,26)/t14-,15+,17-,18-/m0/s1. The molecule has 2 N–H and O–H groups in total. The van der Waals surface area contributed by atoms with E-state index in [1.54, 1.807) is 18.5 Å². The molecule has 4 rings (SSSR count). The quantitative estimate of drug-likeness (QED) is 0.726. The minimum Gasteiger partial charge on any atom is -0.459 e. The molecule has 1 saturated carbocycles. The zero-order valence-electron chi connectivity index (χ0n) is 16.3. The SMILES string of the molecule is Cc1ccoc1C(=O)N1C[C@H]2C[C@H](O)[C@@H](NC(=O)CSc3ccncc3)C[C@H]2C1. The minimum absolute atomic E-state index is 0.0912. The molecule has 2 amide bonds. The van der Waals surface area contributed by atoms with Gasteiger partial charge in [0.05, 0.1) is 24.2 Å². The van der Waals surface area contributed by atoms with Crippen molar-refractivity contribution in [2.24, 2.45) is 11.8 Å². The van der Waals surface area contributed by atoms with Gasteiger partial charge in [-0.25, -0.2) is 0 Å². The van der Waals surface area contributed by atoms with E-state index >= 15 is 0 Å². The number of carbonyl (C=O) groups is 2. The monoisotopic (exact) mass is 415 g/mol. The van der Waals surface area contributed by atoms with Gasteiger partial charge in [-0.3, -0.25) is 14.6 Å². The normalized spacial score (nSPS) is 26.2. The molecule has 0 radical (unpaired) electrons. The number of aliphatic hydroxyl groups is 1. The van der Waals surface area contributed by atoms with Crippen molar-refractivity contribution in [1.82, 2.24) is 15.2 Å². The lowest BCUT2D eigenvalue weighted by molar-refractivity contribution is -0.120. The molecule has 1 aliphatic carbocycles. The summed E-state index contributed by atoms with van der Waals surface area (Å²) in [6.45, 7) is 3.12. The maximum Gasteiger partial charge on any atom is 0.289 e. The van der Waals surface area contributed by atoms with Crippen LogP contribution in [0.2, 0.25) is 0 Å². The van der Waals surface area contributed by atoms with E-state index in [2.05, 4.69) is 10.3 Å². The molecule has 0 bridgehead atoms. The number of aliphatic hydroxyl groups excluding tert-OH is 1. The number of rotatable bonds is 5. The first-order valence-corrected chi connectivity index (χ1v) is 10.8. The molecular formula is C21H25N3O4S. The van der Waals surface area contributed by atoms with Gasteiger partial charge in [0, 0.05) is 35.9 Å². The number of amides is 2. The Hall–Kier alpha value is -2.32. The van der Waals surface area contributed by atoms with Crippen molar-refractivity contribution in [3.05, 3.63) is 48.2 Å². The van der Waals surface area contributed by atoms with E-state index in [0.29, 0.717) is 37.4 Å². The number of aromatic nitrogens is 1. The summed E-state index contributed by atoms with van der Waals surface area (Å²) in [4.78, 5) is 31.8. The summed E-state index contributed by atoms with van der Waals surface area (Å²) in [6.07, 6.45) is 5.61. The first-order valence-electron chi connectivity index (χ1n) is 9.85. The first kappa shape index (κ1) is 20.0. The van der Waals surface area contributed by atoms with Gasteiger partial charge in [-0.1, -0.05) is 0 Å². The predicted molar refractivity (Wildman–Crippen MR) is 108 cm³/mol. The number of pyridine rings is 1. The third-order valence-electron chi connectivity index (χ3n) is 5.85. The molecule has 8 heteroatoms. The molecule has 154 valence electrons. The Bertz CT molecular complexity index is 872. The Morgan fingerprint density at radius 3 is 2.66 bits per heavy atom. The van der Waals surface area contributed by atoms with E-state index in [1.165, 1.54) is 18.0 Å². The van der Waals surface area contributed by atoms with Gasteiger partial charge in [0.15, 0.2) is 5.76 Å². The molecule has 0 aromatic carbocycles. The van der Waals surface area contributed by atoms with Crippen LogP contribution < -0.4 is 5.32 Å². The largest absolute Gasteiger partial charge is 0.459 e. The van der Waals surface area contributed by atoms with Crippen LogP contribution in [0.15, 0.2) is 46.2 Å². The lowest BCUT2D eigenvalue weighted by Crippen LogP contribution is -2.49. The third-order valence-corrected chi connectivity index (χ3v) is 6.86. The Morgan fingerprint density at radius 1 is 1.24 bits per heavy atom. The first-order chi connectivity index (χ1) is 14.0. The number of nitrogens with zero attached hydrogens (tertiary/aromatic N) is 2. The van der Waals surface area contributed by atoms with Gasteiger partial charge in [0.25, 0.3) is 5.91 Å². The Kier molecular flexibility index (Phi) is 5.91. The summed E-state index contributed by atoms with van der Waals surface area (Å²) >= 11 is 1.44. The molecule has 2 aromatic rings. The molecule has 2 aliphatic rings. The molecule has 2 fully saturated rings. The second kappa shape index (κ2) is 8.59. The second-order valence-corrected chi connectivity index (χ2v) is 8.90. The maximum absolute atomic E-state index is 12.7. The van der Waals surface area contributed by atoms with Gasteiger partial charge in [-0.2, -0.15) is 0 Å². The number of furan rings is 1. The van der Waals surface area contributed by atoms with E-state index in [-0.39, 0.29) is 29.7 Å². The number of carbonyl (C=O) groups excluding carboxylic acids is 2. The highest BCUT2D eigenvalue weighted by molar-refractivity contribution is 8.00. The van der Waals surface area contributed by atoms with Crippen LogP contribution in [-0.4, -0.2) is 57.8 Å². The number of fused-ring (bicyclic) bond motifs is 1. The number of hydrogen-bond donors (Lipinski definition) is 2. The third kappa shape index (κ3) is 4.48. The molecule has 0 spiro atoms. The fourth-order valence-corrected chi connectivity index (χ4v) is 5.01. The molecule has 7 nitrogen and oxygen atoms in total. The van der Waals surface area contributed by atoms with Crippen LogP contribution in [0.4, 0.5) is 0 Å². The van der Waals surface area contributed by atoms with Crippen molar-refractivity contribution >= 4 is 23.6 Å². The lowest BCUT2D eigenvalue weighted by Gasteiger charge is -2.35. The fraction of sp³-hybridized carbons (Fsp3) is 0.476. The molecule has 1 saturated heterocycles. The molecule has 3 heterocycles. The average Bonchev–Trinajstić information content (AvgIpc) is 3.33. The van der Waals surface area contributed by atoms with E-state index < -0.39 is 6.10 Å². The zero-order chi connectivity index (χ0) is 20.4. The summed E-state index contributed by atoms with van der Waals surface area (Å²) in [5.74, 6) is 1.03. The second-order valence-electron chi connectivity index (χ2n) is 7.85. The predicted octanol–water partition coefficient (Wildman–Crippen LogP) is 2.10. The number of hydrogen-bond acceptors (Lipinski definition) is 6. The highest BCUT2D eigenvalue weighted by atomic mass is 32.2. The van der Waals surface area contributed by atoms with Crippen LogP contribution in [-0.2, 0) is 4.79 Å².